The molecule has 6 nitrogen and oxygen atoms in total. The third-order valence-corrected chi connectivity index (χ3v) is 3.08. The van der Waals surface area contributed by atoms with Gasteiger partial charge in [0.15, 0.2) is 0 Å². The highest BCUT2D eigenvalue weighted by atomic mass is 16.5. The van der Waals surface area contributed by atoms with Crippen LogP contribution in [0.25, 0.3) is 5.69 Å². The molecule has 1 N–H and O–H groups in total. The zero-order valence-corrected chi connectivity index (χ0v) is 11.7. The average Bonchev–Trinajstić information content (AvgIpc) is 3.12. The number of nitrogens with zero attached hydrogens (tertiary/aromatic N) is 3. The topological polar surface area (TPSA) is 73.0 Å². The van der Waals surface area contributed by atoms with Gasteiger partial charge in [0.1, 0.15) is 0 Å². The molecule has 3 rings (SSSR count). The molecule has 0 radical (unpaired) electrons. The first kappa shape index (κ1) is 13.1. The molecule has 0 spiro atoms. The van der Waals surface area contributed by atoms with Crippen molar-refractivity contribution in [2.45, 2.75) is 13.8 Å². The Morgan fingerprint density at radius 1 is 1.29 bits per heavy atom. The maximum Gasteiger partial charge on any atom is 0.294 e. The van der Waals surface area contributed by atoms with Gasteiger partial charge in [-0.15, -0.1) is 0 Å². The molecule has 0 bridgehead atoms. The van der Waals surface area contributed by atoms with Crippen molar-refractivity contribution in [1.29, 1.82) is 0 Å². The molecule has 0 aliphatic rings. The van der Waals surface area contributed by atoms with Gasteiger partial charge in [-0.1, -0.05) is 5.16 Å². The minimum Gasteiger partial charge on any atom is -0.351 e. The van der Waals surface area contributed by atoms with Crippen LogP contribution in [0.4, 0.5) is 5.69 Å². The third-order valence-electron chi connectivity index (χ3n) is 3.08. The van der Waals surface area contributed by atoms with Crippen LogP contribution in [0.5, 0.6) is 0 Å². The van der Waals surface area contributed by atoms with Gasteiger partial charge in [-0.05, 0) is 43.7 Å². The summed E-state index contributed by atoms with van der Waals surface area (Å²) in [5, 5.41) is 10.7. The number of aryl methyl sites for hydroxylation is 2. The third kappa shape index (κ3) is 2.69. The number of nitrogens with one attached hydrogen (secondary N) is 1. The second kappa shape index (κ2) is 5.24. The first-order valence-electron chi connectivity index (χ1n) is 6.49. The largest absolute Gasteiger partial charge is 0.351 e. The van der Waals surface area contributed by atoms with Crippen LogP contribution in [0.3, 0.4) is 0 Å². The summed E-state index contributed by atoms with van der Waals surface area (Å²) in [6, 6.07) is 9.14. The van der Waals surface area contributed by atoms with Gasteiger partial charge in [0, 0.05) is 24.1 Å². The van der Waals surface area contributed by atoms with Crippen molar-refractivity contribution in [3.63, 3.8) is 0 Å². The molecule has 0 atom stereocenters. The van der Waals surface area contributed by atoms with E-state index in [1.54, 1.807) is 23.9 Å². The summed E-state index contributed by atoms with van der Waals surface area (Å²) < 4.78 is 6.71. The SMILES string of the molecule is Cc1cc(C(=O)Nc2ccc(-n3cccn3)cc2C)on1. The van der Waals surface area contributed by atoms with Crippen molar-refractivity contribution in [2.75, 3.05) is 5.32 Å². The molecular formula is C15H14N4O2. The van der Waals surface area contributed by atoms with Crippen molar-refractivity contribution in [1.82, 2.24) is 14.9 Å². The molecule has 3 aromatic rings. The molecule has 0 aliphatic carbocycles. The number of hydrogen-bond donors (Lipinski definition) is 1. The molecule has 2 heterocycles. The zero-order valence-electron chi connectivity index (χ0n) is 11.7. The highest BCUT2D eigenvalue weighted by molar-refractivity contribution is 6.02. The molecule has 0 fully saturated rings. The second-order valence-electron chi connectivity index (χ2n) is 4.74. The molecule has 0 unspecified atom stereocenters. The fourth-order valence-corrected chi connectivity index (χ4v) is 2.01. The van der Waals surface area contributed by atoms with Crippen LogP contribution in [-0.4, -0.2) is 20.8 Å². The van der Waals surface area contributed by atoms with Crippen LogP contribution in [0.1, 0.15) is 21.8 Å². The number of carbonyl (C=O) groups excluding carboxylic acids is 1. The van der Waals surface area contributed by atoms with E-state index < -0.39 is 0 Å². The highest BCUT2D eigenvalue weighted by Gasteiger charge is 2.13. The molecule has 0 saturated carbocycles. The predicted octanol–water partition coefficient (Wildman–Crippen LogP) is 2.73. The lowest BCUT2D eigenvalue weighted by atomic mass is 10.1. The fraction of sp³-hybridized carbons (Fsp3) is 0.133. The van der Waals surface area contributed by atoms with Gasteiger partial charge in [-0.3, -0.25) is 4.79 Å². The van der Waals surface area contributed by atoms with Crippen molar-refractivity contribution in [3.05, 3.63) is 59.7 Å². The Balaban J connectivity index is 1.82. The van der Waals surface area contributed by atoms with E-state index in [0.29, 0.717) is 5.69 Å². The Morgan fingerprint density at radius 3 is 2.76 bits per heavy atom. The van der Waals surface area contributed by atoms with Crippen molar-refractivity contribution < 1.29 is 9.32 Å². The fourth-order valence-electron chi connectivity index (χ4n) is 2.01. The van der Waals surface area contributed by atoms with E-state index in [2.05, 4.69) is 15.6 Å². The van der Waals surface area contributed by atoms with Crippen LogP contribution >= 0.6 is 0 Å². The van der Waals surface area contributed by atoms with Crippen LogP contribution < -0.4 is 5.32 Å². The van der Waals surface area contributed by atoms with Gasteiger partial charge in [-0.25, -0.2) is 4.68 Å². The van der Waals surface area contributed by atoms with E-state index in [1.807, 2.05) is 37.4 Å². The zero-order chi connectivity index (χ0) is 14.8. The summed E-state index contributed by atoms with van der Waals surface area (Å²) in [4.78, 5) is 12.0. The van der Waals surface area contributed by atoms with Gasteiger partial charge in [0.25, 0.3) is 5.91 Å². The first-order valence-corrected chi connectivity index (χ1v) is 6.49. The molecule has 106 valence electrons. The predicted molar refractivity (Wildman–Crippen MR) is 77.5 cm³/mol. The minimum atomic E-state index is -0.314. The van der Waals surface area contributed by atoms with E-state index in [1.165, 1.54) is 0 Å². The van der Waals surface area contributed by atoms with E-state index >= 15 is 0 Å². The standard InChI is InChI=1S/C15H14N4O2/c1-10-8-12(19-7-3-6-16-19)4-5-13(10)17-15(20)14-9-11(2)18-21-14/h3-9H,1-2H3,(H,17,20). The number of benzene rings is 1. The second-order valence-corrected chi connectivity index (χ2v) is 4.74. The summed E-state index contributed by atoms with van der Waals surface area (Å²) in [6.07, 6.45) is 3.58. The van der Waals surface area contributed by atoms with Crippen LogP contribution in [0, 0.1) is 13.8 Å². The van der Waals surface area contributed by atoms with E-state index in [9.17, 15) is 4.79 Å². The Labute approximate surface area is 121 Å². The monoisotopic (exact) mass is 282 g/mol. The smallest absolute Gasteiger partial charge is 0.294 e. The van der Waals surface area contributed by atoms with Gasteiger partial charge in [-0.2, -0.15) is 5.10 Å². The quantitative estimate of drug-likeness (QED) is 0.801. The highest BCUT2D eigenvalue weighted by Crippen LogP contribution is 2.19. The van der Waals surface area contributed by atoms with Gasteiger partial charge in [0.2, 0.25) is 5.76 Å². The van der Waals surface area contributed by atoms with Crippen LogP contribution in [0.15, 0.2) is 47.2 Å². The van der Waals surface area contributed by atoms with Crippen LogP contribution in [-0.2, 0) is 0 Å². The average molecular weight is 282 g/mol. The maximum atomic E-state index is 12.0. The molecule has 21 heavy (non-hydrogen) atoms. The molecule has 1 amide bonds. The first-order chi connectivity index (χ1) is 10.1. The summed E-state index contributed by atoms with van der Waals surface area (Å²) >= 11 is 0. The lowest BCUT2D eigenvalue weighted by Gasteiger charge is -2.09. The molecule has 1 aromatic carbocycles. The summed E-state index contributed by atoms with van der Waals surface area (Å²) in [7, 11) is 0. The maximum absolute atomic E-state index is 12.0. The minimum absolute atomic E-state index is 0.197. The van der Waals surface area contributed by atoms with Crippen molar-refractivity contribution >= 4 is 11.6 Å². The number of hydrogen-bond acceptors (Lipinski definition) is 4. The lowest BCUT2D eigenvalue weighted by molar-refractivity contribution is 0.0988. The number of carbonyl (C=O) groups is 1. The van der Waals surface area contributed by atoms with Gasteiger partial charge < -0.3 is 9.84 Å². The van der Waals surface area contributed by atoms with E-state index in [-0.39, 0.29) is 11.7 Å². The Kier molecular flexibility index (Phi) is 3.27. The van der Waals surface area contributed by atoms with Gasteiger partial charge in [0.05, 0.1) is 11.4 Å². The summed E-state index contributed by atoms with van der Waals surface area (Å²) in [5.41, 5.74) is 3.27. The van der Waals surface area contributed by atoms with Crippen molar-refractivity contribution in [3.8, 4) is 5.69 Å². The number of rotatable bonds is 3. The molecule has 6 heteroatoms. The number of amides is 1. The lowest BCUT2D eigenvalue weighted by Crippen LogP contribution is -2.12. The Hall–Kier alpha value is -2.89. The molecule has 0 aliphatic heterocycles. The normalized spacial score (nSPS) is 10.6. The van der Waals surface area contributed by atoms with Gasteiger partial charge >= 0.3 is 0 Å². The van der Waals surface area contributed by atoms with E-state index in [4.69, 9.17) is 4.52 Å². The van der Waals surface area contributed by atoms with E-state index in [0.717, 1.165) is 16.9 Å². The van der Waals surface area contributed by atoms with Crippen molar-refractivity contribution in [2.24, 2.45) is 0 Å². The number of anilines is 1. The Bertz CT molecular complexity index is 775. The molecule has 0 saturated heterocycles. The molecular weight excluding hydrogens is 268 g/mol. The summed E-state index contributed by atoms with van der Waals surface area (Å²) in [6.45, 7) is 3.69. The molecule has 2 aromatic heterocycles. The number of aromatic nitrogens is 3. The van der Waals surface area contributed by atoms with Crippen LogP contribution in [0.2, 0.25) is 0 Å². The Morgan fingerprint density at radius 2 is 2.14 bits per heavy atom. The summed E-state index contributed by atoms with van der Waals surface area (Å²) in [5.74, 6) is -0.117.